The zero-order chi connectivity index (χ0) is 19.9. The summed E-state index contributed by atoms with van der Waals surface area (Å²) in [5, 5.41) is 8.25. The lowest BCUT2D eigenvalue weighted by Gasteiger charge is -2.09. The van der Waals surface area contributed by atoms with Gasteiger partial charge in [0.05, 0.1) is 11.6 Å². The summed E-state index contributed by atoms with van der Waals surface area (Å²) in [6.45, 7) is 2.17. The molecule has 0 radical (unpaired) electrons. The first-order chi connectivity index (χ1) is 13.5. The van der Waals surface area contributed by atoms with E-state index in [1.54, 1.807) is 22.8 Å². The van der Waals surface area contributed by atoms with Gasteiger partial charge in [0.2, 0.25) is 5.91 Å². The summed E-state index contributed by atoms with van der Waals surface area (Å²) in [6.07, 6.45) is 4.59. The summed E-state index contributed by atoms with van der Waals surface area (Å²) in [4.78, 5) is 24.1. The number of aromatic nitrogens is 3. The van der Waals surface area contributed by atoms with Crippen LogP contribution >= 0.6 is 23.2 Å². The third-order valence-corrected chi connectivity index (χ3v) is 5.13. The van der Waals surface area contributed by atoms with Gasteiger partial charge >= 0.3 is 5.69 Å². The summed E-state index contributed by atoms with van der Waals surface area (Å²) < 4.78 is 8.83. The minimum absolute atomic E-state index is 0.0396. The van der Waals surface area contributed by atoms with Crippen molar-refractivity contribution in [2.75, 3.05) is 13.2 Å². The molecule has 0 bridgehead atoms. The molecule has 1 amide bonds. The predicted octanol–water partition coefficient (Wildman–Crippen LogP) is 3.05. The van der Waals surface area contributed by atoms with Crippen LogP contribution < -0.4 is 15.7 Å². The Morgan fingerprint density at radius 3 is 2.89 bits per heavy atom. The summed E-state index contributed by atoms with van der Waals surface area (Å²) in [5.41, 5.74) is -0.0426. The fourth-order valence-corrected chi connectivity index (χ4v) is 3.61. The Kier molecular flexibility index (Phi) is 7.39. The highest BCUT2D eigenvalue weighted by Gasteiger charge is 2.16. The second-order valence-electron chi connectivity index (χ2n) is 6.76. The van der Waals surface area contributed by atoms with Gasteiger partial charge in [0.25, 0.3) is 0 Å². The van der Waals surface area contributed by atoms with Crippen molar-refractivity contribution in [2.24, 2.45) is 0 Å². The van der Waals surface area contributed by atoms with Gasteiger partial charge < -0.3 is 10.1 Å². The number of benzene rings is 1. The van der Waals surface area contributed by atoms with Gasteiger partial charge in [-0.2, -0.15) is 5.10 Å². The molecule has 0 spiro atoms. The van der Waals surface area contributed by atoms with E-state index in [0.717, 1.165) is 31.6 Å². The van der Waals surface area contributed by atoms with Crippen molar-refractivity contribution in [3.63, 3.8) is 0 Å². The first kappa shape index (κ1) is 20.7. The Morgan fingerprint density at radius 1 is 1.25 bits per heavy atom. The van der Waals surface area contributed by atoms with Gasteiger partial charge in [-0.05, 0) is 43.9 Å². The van der Waals surface area contributed by atoms with Crippen LogP contribution in [0.3, 0.4) is 0 Å². The van der Waals surface area contributed by atoms with Gasteiger partial charge in [-0.3, -0.25) is 9.36 Å². The zero-order valence-electron chi connectivity index (χ0n) is 15.6. The van der Waals surface area contributed by atoms with E-state index in [9.17, 15) is 9.59 Å². The average Bonchev–Trinajstić information content (AvgIpc) is 3.00. The number of fused-ring (bicyclic) bond motifs is 1. The maximum atomic E-state index is 12.2. The highest BCUT2D eigenvalue weighted by molar-refractivity contribution is 6.35. The van der Waals surface area contributed by atoms with Gasteiger partial charge in [0.1, 0.15) is 11.6 Å². The van der Waals surface area contributed by atoms with Crippen LogP contribution in [0.4, 0.5) is 0 Å². The zero-order valence-corrected chi connectivity index (χ0v) is 17.1. The van der Waals surface area contributed by atoms with Crippen LogP contribution in [0.15, 0.2) is 23.0 Å². The molecule has 3 rings (SSSR count). The molecule has 0 saturated carbocycles. The topological polar surface area (TPSA) is 78.2 Å². The van der Waals surface area contributed by atoms with E-state index < -0.39 is 0 Å². The number of ether oxygens (including phenoxy) is 1. The SMILES string of the molecule is O=C(CCCOc1ccc(Cl)cc1Cl)NCCCn1nc2n(c1=O)CCCC2. The number of nitrogens with one attached hydrogen (secondary N) is 1. The van der Waals surface area contributed by atoms with Crippen molar-refractivity contribution < 1.29 is 9.53 Å². The first-order valence-corrected chi connectivity index (χ1v) is 10.3. The Balaban J connectivity index is 1.31. The van der Waals surface area contributed by atoms with Crippen molar-refractivity contribution in [1.82, 2.24) is 19.7 Å². The van der Waals surface area contributed by atoms with E-state index >= 15 is 0 Å². The minimum Gasteiger partial charge on any atom is -0.492 e. The first-order valence-electron chi connectivity index (χ1n) is 9.55. The molecule has 1 aromatic carbocycles. The molecule has 2 heterocycles. The maximum Gasteiger partial charge on any atom is 0.345 e. The molecule has 152 valence electrons. The number of hydrogen-bond acceptors (Lipinski definition) is 4. The molecule has 28 heavy (non-hydrogen) atoms. The standard InChI is InChI=1S/C19H24Cl2N4O3/c20-14-7-8-16(15(21)13-14)28-12-3-6-18(26)22-9-4-11-25-19(27)24-10-2-1-5-17(24)23-25/h7-8,13H,1-6,9-12H2,(H,22,26). The number of amides is 1. The number of hydrogen-bond donors (Lipinski definition) is 1. The van der Waals surface area contributed by atoms with Crippen LogP contribution in [0.25, 0.3) is 0 Å². The second-order valence-corrected chi connectivity index (χ2v) is 7.60. The summed E-state index contributed by atoms with van der Waals surface area (Å²) in [7, 11) is 0. The fraction of sp³-hybridized carbons (Fsp3) is 0.526. The normalized spacial score (nSPS) is 13.2. The van der Waals surface area contributed by atoms with Crippen LogP contribution in [0.5, 0.6) is 5.75 Å². The van der Waals surface area contributed by atoms with E-state index in [2.05, 4.69) is 10.4 Å². The largest absolute Gasteiger partial charge is 0.492 e. The molecule has 0 atom stereocenters. The molecule has 1 aliphatic heterocycles. The molecule has 0 unspecified atom stereocenters. The average molecular weight is 427 g/mol. The van der Waals surface area contributed by atoms with Crippen molar-refractivity contribution in [3.05, 3.63) is 44.6 Å². The Bertz CT molecular complexity index is 879. The number of rotatable bonds is 9. The summed E-state index contributed by atoms with van der Waals surface area (Å²) >= 11 is 11.9. The smallest absolute Gasteiger partial charge is 0.345 e. The van der Waals surface area contributed by atoms with Crippen molar-refractivity contribution in [3.8, 4) is 5.75 Å². The number of carbonyl (C=O) groups excluding carboxylic acids is 1. The minimum atomic E-state index is -0.0426. The van der Waals surface area contributed by atoms with Crippen LogP contribution in [0, 0.1) is 0 Å². The molecular weight excluding hydrogens is 403 g/mol. The van der Waals surface area contributed by atoms with Crippen LogP contribution in [0.2, 0.25) is 10.0 Å². The maximum absolute atomic E-state index is 12.2. The predicted molar refractivity (Wildman–Crippen MR) is 108 cm³/mol. The second kappa shape index (κ2) is 9.98. The molecule has 1 aliphatic rings. The Labute approximate surface area is 173 Å². The van der Waals surface area contributed by atoms with E-state index in [0.29, 0.717) is 54.8 Å². The summed E-state index contributed by atoms with van der Waals surface area (Å²) in [6, 6.07) is 5.03. The van der Waals surface area contributed by atoms with Crippen LogP contribution in [0.1, 0.15) is 37.9 Å². The Hall–Kier alpha value is -1.99. The van der Waals surface area contributed by atoms with Crippen molar-refractivity contribution >= 4 is 29.1 Å². The monoisotopic (exact) mass is 426 g/mol. The molecule has 2 aromatic rings. The molecular formula is C19H24Cl2N4O3. The Morgan fingerprint density at radius 2 is 2.11 bits per heavy atom. The lowest BCUT2D eigenvalue weighted by molar-refractivity contribution is -0.121. The molecule has 7 nitrogen and oxygen atoms in total. The van der Waals surface area contributed by atoms with Crippen LogP contribution in [-0.2, 0) is 24.3 Å². The highest BCUT2D eigenvalue weighted by atomic mass is 35.5. The lowest BCUT2D eigenvalue weighted by Crippen LogP contribution is -2.29. The molecule has 9 heteroatoms. The van der Waals surface area contributed by atoms with E-state index in [1.165, 1.54) is 4.68 Å². The number of halogens is 2. The fourth-order valence-electron chi connectivity index (χ4n) is 3.15. The number of aryl methyl sites for hydroxylation is 2. The van der Waals surface area contributed by atoms with Gasteiger partial charge in [0, 0.05) is 37.5 Å². The quantitative estimate of drug-likeness (QED) is 0.624. The third kappa shape index (κ3) is 5.52. The molecule has 1 N–H and O–H groups in total. The van der Waals surface area contributed by atoms with Crippen LogP contribution in [-0.4, -0.2) is 33.4 Å². The van der Waals surface area contributed by atoms with Gasteiger partial charge in [-0.1, -0.05) is 23.2 Å². The van der Waals surface area contributed by atoms with Gasteiger partial charge in [-0.15, -0.1) is 0 Å². The van der Waals surface area contributed by atoms with E-state index in [1.807, 2.05) is 0 Å². The van der Waals surface area contributed by atoms with Gasteiger partial charge in [0.15, 0.2) is 0 Å². The molecule has 0 fully saturated rings. The lowest BCUT2D eigenvalue weighted by atomic mass is 10.2. The molecule has 1 aromatic heterocycles. The number of nitrogens with zero attached hydrogens (tertiary/aromatic N) is 3. The van der Waals surface area contributed by atoms with Gasteiger partial charge in [-0.25, -0.2) is 9.48 Å². The molecule has 0 saturated heterocycles. The highest BCUT2D eigenvalue weighted by Crippen LogP contribution is 2.27. The van der Waals surface area contributed by atoms with E-state index in [4.69, 9.17) is 27.9 Å². The number of carbonyl (C=O) groups is 1. The van der Waals surface area contributed by atoms with Crippen molar-refractivity contribution in [2.45, 2.75) is 51.6 Å². The van der Waals surface area contributed by atoms with Crippen molar-refractivity contribution in [1.29, 1.82) is 0 Å². The molecule has 0 aliphatic carbocycles. The third-order valence-electron chi connectivity index (χ3n) is 4.60. The van der Waals surface area contributed by atoms with E-state index in [-0.39, 0.29) is 11.6 Å². The summed E-state index contributed by atoms with van der Waals surface area (Å²) in [5.74, 6) is 1.39.